The van der Waals surface area contributed by atoms with Crippen LogP contribution in [-0.4, -0.2) is 16.8 Å². The van der Waals surface area contributed by atoms with Crippen molar-refractivity contribution in [3.05, 3.63) is 35.4 Å². The molecular weight excluding hydrogens is 186 g/mol. The number of carbonyl (C=O) groups is 1. The van der Waals surface area contributed by atoms with Crippen LogP contribution in [0.15, 0.2) is 24.3 Å². The van der Waals surface area contributed by atoms with E-state index in [2.05, 4.69) is 26.0 Å². The molecule has 0 aromatic heterocycles. The van der Waals surface area contributed by atoms with Crippen molar-refractivity contribution in [1.29, 1.82) is 0 Å². The van der Waals surface area contributed by atoms with Crippen molar-refractivity contribution in [3.63, 3.8) is 0 Å². The van der Waals surface area contributed by atoms with Crippen LogP contribution in [0.4, 0.5) is 0 Å². The van der Waals surface area contributed by atoms with Gasteiger partial charge in [-0.1, -0.05) is 24.3 Å². The molecule has 1 amide bonds. The van der Waals surface area contributed by atoms with Crippen molar-refractivity contribution < 1.29 is 4.79 Å². The van der Waals surface area contributed by atoms with Crippen LogP contribution < -0.4 is 0 Å². The van der Waals surface area contributed by atoms with Gasteiger partial charge in [-0.2, -0.15) is 0 Å². The van der Waals surface area contributed by atoms with Gasteiger partial charge in [0.1, 0.15) is 0 Å². The Morgan fingerprint density at radius 2 is 2.00 bits per heavy atom. The highest BCUT2D eigenvalue weighted by atomic mass is 16.2. The maximum Gasteiger partial charge on any atom is 0.230 e. The smallest absolute Gasteiger partial charge is 0.230 e. The molecule has 1 aliphatic heterocycles. The Bertz CT molecular complexity index is 384. The monoisotopic (exact) mass is 203 g/mol. The molecule has 1 heterocycles. The van der Waals surface area contributed by atoms with Gasteiger partial charge in [-0.3, -0.25) is 4.79 Å². The van der Waals surface area contributed by atoms with Crippen LogP contribution in [0.25, 0.3) is 0 Å². The first-order valence-corrected chi connectivity index (χ1v) is 5.49. The minimum absolute atomic E-state index is 0.0114. The van der Waals surface area contributed by atoms with E-state index in [4.69, 9.17) is 0 Å². The summed E-state index contributed by atoms with van der Waals surface area (Å²) in [6.45, 7) is 6.89. The predicted molar refractivity (Wildman–Crippen MR) is 60.5 cm³/mol. The summed E-state index contributed by atoms with van der Waals surface area (Å²) >= 11 is 0. The molecule has 1 unspecified atom stereocenters. The third-order valence-electron chi connectivity index (χ3n) is 3.14. The third-order valence-corrected chi connectivity index (χ3v) is 3.14. The van der Waals surface area contributed by atoms with Crippen LogP contribution in [-0.2, 0) is 11.3 Å². The number of hydrogen-bond acceptors (Lipinski definition) is 1. The van der Waals surface area contributed by atoms with Crippen molar-refractivity contribution in [3.8, 4) is 0 Å². The zero-order valence-electron chi connectivity index (χ0n) is 9.53. The molecule has 2 rings (SSSR count). The Kier molecular flexibility index (Phi) is 2.51. The summed E-state index contributed by atoms with van der Waals surface area (Å²) in [7, 11) is 0. The summed E-state index contributed by atoms with van der Waals surface area (Å²) in [6.07, 6.45) is 0. The summed E-state index contributed by atoms with van der Waals surface area (Å²) in [5, 5.41) is 0. The van der Waals surface area contributed by atoms with Crippen LogP contribution in [0.2, 0.25) is 0 Å². The molecule has 1 aromatic carbocycles. The number of rotatable bonds is 1. The van der Waals surface area contributed by atoms with Crippen LogP contribution in [0.5, 0.6) is 0 Å². The van der Waals surface area contributed by atoms with Crippen molar-refractivity contribution in [2.75, 3.05) is 0 Å². The molecule has 1 aromatic rings. The Labute approximate surface area is 90.9 Å². The third kappa shape index (κ3) is 1.65. The average molecular weight is 203 g/mol. The Morgan fingerprint density at radius 1 is 1.33 bits per heavy atom. The summed E-state index contributed by atoms with van der Waals surface area (Å²) in [4.78, 5) is 14.0. The Hall–Kier alpha value is -1.31. The molecule has 0 aliphatic carbocycles. The second kappa shape index (κ2) is 3.69. The summed E-state index contributed by atoms with van der Waals surface area (Å²) in [6, 6.07) is 8.52. The van der Waals surface area contributed by atoms with Crippen LogP contribution in [0, 0.1) is 0 Å². The molecular formula is C13H17NO. The minimum atomic E-state index is 0.0114. The summed E-state index contributed by atoms with van der Waals surface area (Å²) in [5.41, 5.74) is 2.48. The van der Waals surface area contributed by atoms with Crippen molar-refractivity contribution in [2.24, 2.45) is 0 Å². The van der Waals surface area contributed by atoms with E-state index in [9.17, 15) is 4.79 Å². The number of nitrogens with zero attached hydrogens (tertiary/aromatic N) is 1. The number of carbonyl (C=O) groups excluding carboxylic acids is 1. The maximum absolute atomic E-state index is 12.1. The lowest BCUT2D eigenvalue weighted by Gasteiger charge is -2.35. The fraction of sp³-hybridized carbons (Fsp3) is 0.462. The van der Waals surface area contributed by atoms with E-state index in [1.54, 1.807) is 0 Å². The molecule has 0 radical (unpaired) electrons. The predicted octanol–water partition coefficient (Wildman–Crippen LogP) is 2.54. The van der Waals surface area contributed by atoms with Gasteiger partial charge in [-0.05, 0) is 31.9 Å². The van der Waals surface area contributed by atoms with E-state index < -0.39 is 0 Å². The first-order valence-electron chi connectivity index (χ1n) is 5.49. The zero-order chi connectivity index (χ0) is 11.0. The molecule has 0 N–H and O–H groups in total. The van der Waals surface area contributed by atoms with Gasteiger partial charge in [0.2, 0.25) is 5.91 Å². The van der Waals surface area contributed by atoms with Gasteiger partial charge in [0.05, 0.1) is 5.92 Å². The van der Waals surface area contributed by atoms with Gasteiger partial charge >= 0.3 is 0 Å². The molecule has 0 spiro atoms. The molecule has 2 nitrogen and oxygen atoms in total. The number of hydrogen-bond donors (Lipinski definition) is 0. The summed E-state index contributed by atoms with van der Waals surface area (Å²) < 4.78 is 0. The highest BCUT2D eigenvalue weighted by Crippen LogP contribution is 2.29. The van der Waals surface area contributed by atoms with Crippen molar-refractivity contribution >= 4 is 5.91 Å². The fourth-order valence-electron chi connectivity index (χ4n) is 2.18. The van der Waals surface area contributed by atoms with Crippen molar-refractivity contribution in [2.45, 2.75) is 39.3 Å². The normalized spacial score (nSPS) is 20.7. The van der Waals surface area contributed by atoms with Crippen LogP contribution in [0.1, 0.15) is 37.8 Å². The zero-order valence-corrected chi connectivity index (χ0v) is 9.53. The first kappa shape index (κ1) is 10.2. The molecule has 0 bridgehead atoms. The molecule has 0 fully saturated rings. The number of amides is 1. The van der Waals surface area contributed by atoms with E-state index in [1.807, 2.05) is 24.0 Å². The van der Waals surface area contributed by atoms with Gasteiger partial charge in [-0.15, -0.1) is 0 Å². The second-order valence-corrected chi connectivity index (χ2v) is 4.48. The molecule has 1 atom stereocenters. The molecule has 0 saturated carbocycles. The topological polar surface area (TPSA) is 20.3 Å². The van der Waals surface area contributed by atoms with E-state index in [0.717, 1.165) is 6.54 Å². The largest absolute Gasteiger partial charge is 0.335 e. The molecule has 0 saturated heterocycles. The molecule has 2 heteroatoms. The summed E-state index contributed by atoms with van der Waals surface area (Å²) in [5.74, 6) is 0.265. The van der Waals surface area contributed by atoms with E-state index >= 15 is 0 Å². The average Bonchev–Trinajstić information content (AvgIpc) is 2.23. The van der Waals surface area contributed by atoms with Crippen molar-refractivity contribution in [1.82, 2.24) is 4.90 Å². The lowest BCUT2D eigenvalue weighted by Crippen LogP contribution is -2.42. The van der Waals surface area contributed by atoms with Gasteiger partial charge in [0.15, 0.2) is 0 Å². The van der Waals surface area contributed by atoms with Gasteiger partial charge in [0, 0.05) is 12.6 Å². The highest BCUT2D eigenvalue weighted by molar-refractivity contribution is 5.85. The quantitative estimate of drug-likeness (QED) is 0.687. The van der Waals surface area contributed by atoms with Gasteiger partial charge in [0.25, 0.3) is 0 Å². The Morgan fingerprint density at radius 3 is 2.67 bits per heavy atom. The fourth-order valence-corrected chi connectivity index (χ4v) is 2.18. The minimum Gasteiger partial charge on any atom is -0.335 e. The standard InChI is InChI=1S/C13H17NO/c1-9(2)14-8-11-6-4-5-7-12(11)10(3)13(14)15/h4-7,9-10H,8H2,1-3H3. The van der Waals surface area contributed by atoms with Gasteiger partial charge < -0.3 is 4.90 Å². The number of benzene rings is 1. The second-order valence-electron chi connectivity index (χ2n) is 4.48. The van der Waals surface area contributed by atoms with E-state index in [-0.39, 0.29) is 17.9 Å². The molecule has 80 valence electrons. The molecule has 1 aliphatic rings. The van der Waals surface area contributed by atoms with Gasteiger partial charge in [-0.25, -0.2) is 0 Å². The van der Waals surface area contributed by atoms with Crippen LogP contribution >= 0.6 is 0 Å². The maximum atomic E-state index is 12.1. The Balaban J connectivity index is 2.41. The van der Waals surface area contributed by atoms with Crippen LogP contribution in [0.3, 0.4) is 0 Å². The van der Waals surface area contributed by atoms with E-state index in [1.165, 1.54) is 11.1 Å². The lowest BCUT2D eigenvalue weighted by molar-refractivity contribution is -0.135. The highest BCUT2D eigenvalue weighted by Gasteiger charge is 2.30. The van der Waals surface area contributed by atoms with E-state index in [0.29, 0.717) is 0 Å². The lowest BCUT2D eigenvalue weighted by atomic mass is 9.90. The molecule has 15 heavy (non-hydrogen) atoms. The first-order chi connectivity index (χ1) is 7.11. The SMILES string of the molecule is CC1C(=O)N(C(C)C)Cc2ccccc21. The number of fused-ring (bicyclic) bond motifs is 1.